The van der Waals surface area contributed by atoms with E-state index in [9.17, 15) is 9.59 Å². The molecule has 1 heterocycles. The van der Waals surface area contributed by atoms with E-state index in [1.54, 1.807) is 18.2 Å². The van der Waals surface area contributed by atoms with Gasteiger partial charge in [-0.15, -0.1) is 0 Å². The van der Waals surface area contributed by atoms with Crippen LogP contribution in [0.25, 0.3) is 10.8 Å². The highest BCUT2D eigenvalue weighted by Gasteiger charge is 2.35. The molecule has 1 saturated heterocycles. The Morgan fingerprint density at radius 3 is 2.68 bits per heavy atom. The Hall–Kier alpha value is -4.07. The van der Waals surface area contributed by atoms with Crippen molar-refractivity contribution in [1.29, 1.82) is 5.41 Å². The first-order valence-electron chi connectivity index (χ1n) is 9.68. The minimum absolute atomic E-state index is 0.0510. The summed E-state index contributed by atoms with van der Waals surface area (Å²) in [5.41, 5.74) is 6.14. The van der Waals surface area contributed by atoms with Crippen molar-refractivity contribution in [2.45, 2.75) is 13.0 Å². The number of carbonyl (C=O) groups excluding carboxylic acids is 2. The minimum atomic E-state index is -0.597. The fourth-order valence-corrected chi connectivity index (χ4v) is 3.51. The van der Waals surface area contributed by atoms with Crippen LogP contribution < -0.4 is 20.1 Å². The molecule has 8 nitrogen and oxygen atoms in total. The van der Waals surface area contributed by atoms with Crippen molar-refractivity contribution in [3.8, 4) is 11.5 Å². The number of nitrogen functional groups attached to an aromatic ring is 1. The molecule has 8 heteroatoms. The number of nitrogens with two attached hydrogens (primary N) is 1. The maximum atomic E-state index is 12.6. The molecule has 1 atom stereocenters. The van der Waals surface area contributed by atoms with E-state index in [1.807, 2.05) is 42.5 Å². The molecule has 158 valence electrons. The average molecular weight is 419 g/mol. The lowest BCUT2D eigenvalue weighted by Gasteiger charge is -2.19. The second kappa shape index (κ2) is 8.35. The molecule has 0 radical (unpaired) electrons. The van der Waals surface area contributed by atoms with E-state index in [1.165, 1.54) is 11.8 Å². The van der Waals surface area contributed by atoms with Gasteiger partial charge in [0.05, 0.1) is 17.8 Å². The van der Waals surface area contributed by atoms with Crippen molar-refractivity contribution in [2.75, 3.05) is 18.1 Å². The first kappa shape index (κ1) is 20.2. The van der Waals surface area contributed by atoms with Crippen LogP contribution in [0.4, 0.5) is 10.5 Å². The quantitative estimate of drug-likeness (QED) is 0.274. The van der Waals surface area contributed by atoms with Crippen LogP contribution in [-0.2, 0) is 9.53 Å². The highest BCUT2D eigenvalue weighted by Crippen LogP contribution is 2.35. The van der Waals surface area contributed by atoms with E-state index in [0.29, 0.717) is 11.4 Å². The number of nitrogens with one attached hydrogen (secondary N) is 1. The molecule has 4 rings (SSSR count). The van der Waals surface area contributed by atoms with Gasteiger partial charge in [-0.2, -0.15) is 0 Å². The third-order valence-corrected chi connectivity index (χ3v) is 4.87. The van der Waals surface area contributed by atoms with Crippen molar-refractivity contribution in [3.05, 3.63) is 66.2 Å². The number of amides is 1. The molecule has 0 saturated carbocycles. The zero-order valence-corrected chi connectivity index (χ0v) is 16.8. The smallest absolute Gasteiger partial charge is 0.415 e. The summed E-state index contributed by atoms with van der Waals surface area (Å²) in [6, 6.07) is 18.4. The van der Waals surface area contributed by atoms with Crippen LogP contribution >= 0.6 is 0 Å². The van der Waals surface area contributed by atoms with Crippen molar-refractivity contribution in [3.63, 3.8) is 0 Å². The summed E-state index contributed by atoms with van der Waals surface area (Å²) in [6.45, 7) is 1.59. The number of fused-ring (bicyclic) bond motifs is 1. The molecule has 3 aromatic carbocycles. The molecule has 1 unspecified atom stereocenters. The normalized spacial score (nSPS) is 15.6. The number of amidine groups is 1. The van der Waals surface area contributed by atoms with Gasteiger partial charge in [0, 0.05) is 12.3 Å². The lowest BCUT2D eigenvalue weighted by Crippen LogP contribution is -2.28. The van der Waals surface area contributed by atoms with E-state index in [0.717, 1.165) is 10.8 Å². The van der Waals surface area contributed by atoms with Gasteiger partial charge in [0.15, 0.2) is 11.9 Å². The zero-order valence-electron chi connectivity index (χ0n) is 16.8. The maximum absolute atomic E-state index is 12.6. The fraction of sp³-hybridized carbons (Fsp3) is 0.174. The molecule has 31 heavy (non-hydrogen) atoms. The van der Waals surface area contributed by atoms with Gasteiger partial charge in [-0.25, -0.2) is 4.79 Å². The number of nitrogens with zero attached hydrogens (tertiary/aromatic N) is 1. The third kappa shape index (κ3) is 4.13. The molecule has 1 fully saturated rings. The average Bonchev–Trinajstić information content (AvgIpc) is 3.12. The van der Waals surface area contributed by atoms with E-state index >= 15 is 0 Å². The number of hydrogen-bond acceptors (Lipinski definition) is 6. The number of benzene rings is 3. The Labute approximate surface area is 178 Å². The predicted octanol–water partition coefficient (Wildman–Crippen LogP) is 3.45. The van der Waals surface area contributed by atoms with Gasteiger partial charge in [-0.05, 0) is 23.6 Å². The largest absolute Gasteiger partial charge is 0.489 e. The van der Waals surface area contributed by atoms with Crippen LogP contribution in [0.5, 0.6) is 11.5 Å². The Kier molecular flexibility index (Phi) is 5.44. The molecular formula is C23H21N3O5. The van der Waals surface area contributed by atoms with E-state index < -0.39 is 18.2 Å². The maximum Gasteiger partial charge on any atom is 0.415 e. The predicted molar refractivity (Wildman–Crippen MR) is 116 cm³/mol. The lowest BCUT2D eigenvalue weighted by molar-refractivity contribution is -0.131. The minimum Gasteiger partial charge on any atom is -0.489 e. The molecule has 1 aliphatic heterocycles. The Morgan fingerprint density at radius 1 is 1.16 bits per heavy atom. The van der Waals surface area contributed by atoms with Gasteiger partial charge in [-0.3, -0.25) is 15.1 Å². The Morgan fingerprint density at radius 2 is 1.90 bits per heavy atom. The number of carbonyl (C=O) groups is 2. The van der Waals surface area contributed by atoms with Crippen LogP contribution in [0, 0.1) is 5.41 Å². The van der Waals surface area contributed by atoms with Crippen molar-refractivity contribution < 1.29 is 23.8 Å². The molecule has 0 bridgehead atoms. The van der Waals surface area contributed by atoms with Crippen LogP contribution in [0.1, 0.15) is 12.5 Å². The zero-order chi connectivity index (χ0) is 22.0. The Bertz CT molecular complexity index is 1170. The van der Waals surface area contributed by atoms with Crippen LogP contribution in [-0.4, -0.2) is 37.2 Å². The summed E-state index contributed by atoms with van der Waals surface area (Å²) in [4.78, 5) is 25.5. The molecule has 0 aromatic heterocycles. The molecule has 0 spiro atoms. The molecule has 1 amide bonds. The van der Waals surface area contributed by atoms with Gasteiger partial charge in [0.1, 0.15) is 18.2 Å². The third-order valence-electron chi connectivity index (χ3n) is 4.87. The highest BCUT2D eigenvalue weighted by atomic mass is 16.6. The lowest BCUT2D eigenvalue weighted by atomic mass is 10.1. The van der Waals surface area contributed by atoms with Crippen molar-refractivity contribution >= 4 is 34.4 Å². The number of anilines is 1. The standard InChI is InChI=1S/C23H21N3O5/c1-14(27)30-21-18(22(24)25)9-5-10-19(21)26-12-16(31-23(26)28)13-29-20-11-4-7-15-6-2-3-8-17(15)20/h2-11,16H,12-13H2,1H3,(H3,24,25). The number of hydrogen-bond donors (Lipinski definition) is 2. The summed E-state index contributed by atoms with van der Waals surface area (Å²) < 4.78 is 16.7. The number of cyclic esters (lactones) is 1. The first-order valence-corrected chi connectivity index (χ1v) is 9.68. The molecule has 0 aliphatic carbocycles. The second-order valence-corrected chi connectivity index (χ2v) is 7.07. The van der Waals surface area contributed by atoms with Gasteiger partial charge >= 0.3 is 12.1 Å². The number of rotatable bonds is 6. The molecule has 3 aromatic rings. The second-order valence-electron chi connectivity index (χ2n) is 7.07. The summed E-state index contributed by atoms with van der Waals surface area (Å²) in [7, 11) is 0. The number of para-hydroxylation sites is 1. The van der Waals surface area contributed by atoms with E-state index in [2.05, 4.69) is 0 Å². The molecule has 3 N–H and O–H groups in total. The number of ether oxygens (including phenoxy) is 3. The van der Waals surface area contributed by atoms with Crippen LogP contribution in [0.2, 0.25) is 0 Å². The van der Waals surface area contributed by atoms with Crippen LogP contribution in [0.15, 0.2) is 60.7 Å². The van der Waals surface area contributed by atoms with E-state index in [4.69, 9.17) is 25.4 Å². The highest BCUT2D eigenvalue weighted by molar-refractivity contribution is 6.02. The summed E-state index contributed by atoms with van der Waals surface area (Å²) in [5.74, 6) is -0.110. The summed E-state index contributed by atoms with van der Waals surface area (Å²) in [6.07, 6.45) is -1.13. The number of esters is 1. The van der Waals surface area contributed by atoms with Crippen molar-refractivity contribution in [2.24, 2.45) is 5.73 Å². The SMILES string of the molecule is CC(=O)Oc1c(C(=N)N)cccc1N1CC(COc2cccc3ccccc23)OC1=O. The van der Waals surface area contributed by atoms with Crippen molar-refractivity contribution in [1.82, 2.24) is 0 Å². The fourth-order valence-electron chi connectivity index (χ4n) is 3.51. The first-order chi connectivity index (χ1) is 14.9. The van der Waals surface area contributed by atoms with E-state index in [-0.39, 0.29) is 30.3 Å². The molecule has 1 aliphatic rings. The summed E-state index contributed by atoms with van der Waals surface area (Å²) >= 11 is 0. The topological polar surface area (TPSA) is 115 Å². The monoisotopic (exact) mass is 419 g/mol. The van der Waals surface area contributed by atoms with Gasteiger partial charge in [-0.1, -0.05) is 42.5 Å². The van der Waals surface area contributed by atoms with Gasteiger partial charge in [0.2, 0.25) is 0 Å². The van der Waals surface area contributed by atoms with Gasteiger partial charge < -0.3 is 19.9 Å². The van der Waals surface area contributed by atoms with Crippen LogP contribution in [0.3, 0.4) is 0 Å². The Balaban J connectivity index is 1.54. The van der Waals surface area contributed by atoms with Gasteiger partial charge in [0.25, 0.3) is 0 Å². The molecular weight excluding hydrogens is 398 g/mol. The summed E-state index contributed by atoms with van der Waals surface area (Å²) in [5, 5.41) is 9.76.